The van der Waals surface area contributed by atoms with Crippen molar-refractivity contribution < 1.29 is 19.2 Å². The highest BCUT2D eigenvalue weighted by Crippen LogP contribution is 2.34. The second kappa shape index (κ2) is 8.54. The van der Waals surface area contributed by atoms with Gasteiger partial charge in [-0.3, -0.25) is 14.9 Å². The number of rotatable bonds is 5. The number of halogens is 1. The molecule has 8 nitrogen and oxygen atoms in total. The van der Waals surface area contributed by atoms with Crippen LogP contribution >= 0.6 is 12.4 Å². The van der Waals surface area contributed by atoms with Crippen LogP contribution in [0.5, 0.6) is 11.5 Å². The number of nitro groups is 1. The van der Waals surface area contributed by atoms with Crippen molar-refractivity contribution >= 4 is 24.0 Å². The lowest BCUT2D eigenvalue weighted by atomic mass is 10.1. The molecule has 1 fully saturated rings. The van der Waals surface area contributed by atoms with Crippen LogP contribution in [-0.4, -0.2) is 44.2 Å². The maximum atomic E-state index is 12.4. The Hall–Kier alpha value is -2.06. The molecule has 1 heterocycles. The van der Waals surface area contributed by atoms with E-state index in [2.05, 4.69) is 10.6 Å². The van der Waals surface area contributed by atoms with Crippen LogP contribution in [0.4, 0.5) is 5.69 Å². The number of piperidine rings is 1. The van der Waals surface area contributed by atoms with Crippen LogP contribution in [0, 0.1) is 10.1 Å². The predicted molar refractivity (Wildman–Crippen MR) is 86.8 cm³/mol. The summed E-state index contributed by atoms with van der Waals surface area (Å²) in [5.41, 5.74) is -0.341. The van der Waals surface area contributed by atoms with Gasteiger partial charge in [0.2, 0.25) is 0 Å². The first-order valence-corrected chi connectivity index (χ1v) is 6.98. The molecular formula is C14H20ClN3O5. The minimum Gasteiger partial charge on any atom is -0.493 e. The van der Waals surface area contributed by atoms with E-state index in [1.54, 1.807) is 0 Å². The average molecular weight is 346 g/mol. The fraction of sp³-hybridized carbons (Fsp3) is 0.500. The molecule has 1 aromatic carbocycles. The summed E-state index contributed by atoms with van der Waals surface area (Å²) in [6.45, 7) is 1.58. The van der Waals surface area contributed by atoms with E-state index in [4.69, 9.17) is 9.47 Å². The number of methoxy groups -OCH3 is 2. The molecule has 0 aliphatic carbocycles. The summed E-state index contributed by atoms with van der Waals surface area (Å²) in [6, 6.07) is 2.50. The van der Waals surface area contributed by atoms with E-state index in [1.165, 1.54) is 26.4 Å². The van der Waals surface area contributed by atoms with Gasteiger partial charge in [0.25, 0.3) is 11.6 Å². The first kappa shape index (κ1) is 19.0. The van der Waals surface area contributed by atoms with Gasteiger partial charge in [-0.2, -0.15) is 0 Å². The highest BCUT2D eigenvalue weighted by atomic mass is 35.5. The van der Waals surface area contributed by atoms with Crippen LogP contribution in [0.25, 0.3) is 0 Å². The van der Waals surface area contributed by atoms with Crippen molar-refractivity contribution in [1.82, 2.24) is 10.6 Å². The van der Waals surface area contributed by atoms with E-state index in [9.17, 15) is 14.9 Å². The highest BCUT2D eigenvalue weighted by molar-refractivity contribution is 5.99. The van der Waals surface area contributed by atoms with Gasteiger partial charge in [0.15, 0.2) is 11.5 Å². The Morgan fingerprint density at radius 2 is 2.00 bits per heavy atom. The number of nitrogens with one attached hydrogen (secondary N) is 2. The van der Waals surface area contributed by atoms with E-state index < -0.39 is 10.8 Å². The lowest BCUT2D eigenvalue weighted by molar-refractivity contribution is -0.385. The monoisotopic (exact) mass is 345 g/mol. The summed E-state index contributed by atoms with van der Waals surface area (Å²) in [5, 5.41) is 17.2. The summed E-state index contributed by atoms with van der Waals surface area (Å²) < 4.78 is 10.2. The Morgan fingerprint density at radius 3 is 2.52 bits per heavy atom. The van der Waals surface area contributed by atoms with Gasteiger partial charge in [-0.15, -0.1) is 12.4 Å². The summed E-state index contributed by atoms with van der Waals surface area (Å²) in [4.78, 5) is 23.0. The van der Waals surface area contributed by atoms with Crippen molar-refractivity contribution in [3.63, 3.8) is 0 Å². The van der Waals surface area contributed by atoms with Crippen molar-refractivity contribution in [2.24, 2.45) is 0 Å². The molecule has 128 valence electrons. The topological polar surface area (TPSA) is 103 Å². The number of hydrogen-bond acceptors (Lipinski definition) is 6. The maximum absolute atomic E-state index is 12.4. The Bertz CT molecular complexity index is 576. The van der Waals surface area contributed by atoms with Crippen molar-refractivity contribution in [1.29, 1.82) is 0 Å². The van der Waals surface area contributed by atoms with Gasteiger partial charge >= 0.3 is 0 Å². The van der Waals surface area contributed by atoms with Crippen LogP contribution in [0.1, 0.15) is 23.2 Å². The van der Waals surface area contributed by atoms with Gasteiger partial charge in [0, 0.05) is 18.7 Å². The maximum Gasteiger partial charge on any atom is 0.286 e. The van der Waals surface area contributed by atoms with Gasteiger partial charge in [-0.05, 0) is 19.4 Å². The van der Waals surface area contributed by atoms with Crippen LogP contribution in [-0.2, 0) is 0 Å². The Morgan fingerprint density at radius 1 is 1.35 bits per heavy atom. The first-order valence-electron chi connectivity index (χ1n) is 6.98. The Labute approximate surface area is 140 Å². The molecule has 0 spiro atoms. The van der Waals surface area contributed by atoms with Crippen molar-refractivity contribution in [3.05, 3.63) is 27.8 Å². The third-order valence-corrected chi connectivity index (χ3v) is 3.58. The van der Waals surface area contributed by atoms with Gasteiger partial charge in [0.05, 0.1) is 25.2 Å². The predicted octanol–water partition coefficient (Wildman–Crippen LogP) is 1.52. The van der Waals surface area contributed by atoms with Crippen LogP contribution < -0.4 is 20.1 Å². The van der Waals surface area contributed by atoms with Gasteiger partial charge in [0.1, 0.15) is 5.56 Å². The molecule has 1 aliphatic heterocycles. The van der Waals surface area contributed by atoms with Crippen LogP contribution in [0.15, 0.2) is 12.1 Å². The number of ether oxygens (including phenoxy) is 2. The van der Waals surface area contributed by atoms with E-state index in [1.807, 2.05) is 0 Å². The fourth-order valence-electron chi connectivity index (χ4n) is 2.44. The molecule has 0 bridgehead atoms. The van der Waals surface area contributed by atoms with E-state index in [0.29, 0.717) is 6.54 Å². The summed E-state index contributed by atoms with van der Waals surface area (Å²) in [7, 11) is 2.80. The molecule has 2 rings (SSSR count). The zero-order chi connectivity index (χ0) is 16.1. The highest BCUT2D eigenvalue weighted by Gasteiger charge is 2.26. The minimum absolute atomic E-state index is 0. The van der Waals surface area contributed by atoms with E-state index in [-0.39, 0.29) is 41.2 Å². The normalized spacial score (nSPS) is 16.9. The molecule has 0 unspecified atom stereocenters. The molecule has 2 N–H and O–H groups in total. The van der Waals surface area contributed by atoms with Crippen molar-refractivity contribution in [2.45, 2.75) is 18.9 Å². The zero-order valence-corrected chi connectivity index (χ0v) is 13.8. The first-order chi connectivity index (χ1) is 10.6. The number of nitrogens with zero attached hydrogens (tertiary/aromatic N) is 1. The number of carbonyl (C=O) groups excluding carboxylic acids is 1. The van der Waals surface area contributed by atoms with Crippen LogP contribution in [0.2, 0.25) is 0 Å². The molecular weight excluding hydrogens is 326 g/mol. The molecule has 23 heavy (non-hydrogen) atoms. The summed E-state index contributed by atoms with van der Waals surface area (Å²) in [5.74, 6) is 0.00598. The average Bonchev–Trinajstić information content (AvgIpc) is 2.54. The molecule has 0 aromatic heterocycles. The van der Waals surface area contributed by atoms with Crippen molar-refractivity contribution in [2.75, 3.05) is 27.3 Å². The number of carbonyl (C=O) groups is 1. The molecule has 0 radical (unpaired) electrons. The second-order valence-electron chi connectivity index (χ2n) is 5.00. The Balaban J connectivity index is 0.00000264. The molecule has 1 atom stereocenters. The lowest BCUT2D eigenvalue weighted by Gasteiger charge is -2.23. The molecule has 1 aliphatic rings. The number of amides is 1. The summed E-state index contributed by atoms with van der Waals surface area (Å²) >= 11 is 0. The standard InChI is InChI=1S/C14H19N3O5.ClH/c1-21-12-6-10(11(17(19)20)7-13(12)22-2)14(18)16-9-4-3-5-15-8-9;/h6-7,9,15H,3-5,8H2,1-2H3,(H,16,18);1H/t9-;/m1./s1. The molecule has 0 saturated carbocycles. The van der Waals surface area contributed by atoms with Crippen LogP contribution in [0.3, 0.4) is 0 Å². The summed E-state index contributed by atoms with van der Waals surface area (Å²) in [6.07, 6.45) is 1.80. The van der Waals surface area contributed by atoms with E-state index in [0.717, 1.165) is 19.4 Å². The third-order valence-electron chi connectivity index (χ3n) is 3.58. The lowest BCUT2D eigenvalue weighted by Crippen LogP contribution is -2.45. The quantitative estimate of drug-likeness (QED) is 0.619. The van der Waals surface area contributed by atoms with Gasteiger partial charge in [-0.1, -0.05) is 0 Å². The van der Waals surface area contributed by atoms with Gasteiger partial charge < -0.3 is 20.1 Å². The minimum atomic E-state index is -0.601. The SMILES string of the molecule is COc1cc(C(=O)N[C@@H]2CCCNC2)c([N+](=O)[O-])cc1OC.Cl. The fourth-order valence-corrected chi connectivity index (χ4v) is 2.44. The second-order valence-corrected chi connectivity index (χ2v) is 5.00. The Kier molecular flexibility index (Phi) is 7.05. The number of benzene rings is 1. The molecule has 1 saturated heterocycles. The number of hydrogen-bond donors (Lipinski definition) is 2. The third kappa shape index (κ3) is 4.46. The zero-order valence-electron chi connectivity index (χ0n) is 13.0. The molecule has 1 aromatic rings. The van der Waals surface area contributed by atoms with E-state index >= 15 is 0 Å². The molecule has 9 heteroatoms. The number of nitro benzene ring substituents is 1. The largest absolute Gasteiger partial charge is 0.493 e. The smallest absolute Gasteiger partial charge is 0.286 e. The molecule has 1 amide bonds. The van der Waals surface area contributed by atoms with Gasteiger partial charge in [-0.25, -0.2) is 0 Å². The van der Waals surface area contributed by atoms with Crippen molar-refractivity contribution in [3.8, 4) is 11.5 Å².